The van der Waals surface area contributed by atoms with E-state index in [1.54, 1.807) is 24.3 Å². The predicted octanol–water partition coefficient (Wildman–Crippen LogP) is 4.28. The van der Waals surface area contributed by atoms with E-state index in [-0.39, 0.29) is 0 Å². The number of rotatable bonds is 6. The van der Waals surface area contributed by atoms with E-state index in [0.717, 1.165) is 11.1 Å². The van der Waals surface area contributed by atoms with Gasteiger partial charge in [-0.3, -0.25) is 0 Å². The SMILES string of the molecule is CC(C)(C#N)c1ccc(O[B]Oc2ccc(C(C)(C)C#N)cc2)cc1. The van der Waals surface area contributed by atoms with Gasteiger partial charge in [-0.2, -0.15) is 10.5 Å². The van der Waals surface area contributed by atoms with E-state index in [1.165, 1.54) is 7.69 Å². The molecule has 0 saturated carbocycles. The minimum Gasteiger partial charge on any atom is -0.526 e. The highest BCUT2D eigenvalue weighted by Gasteiger charge is 2.20. The summed E-state index contributed by atoms with van der Waals surface area (Å²) in [6.45, 7) is 7.48. The first-order valence-electron chi connectivity index (χ1n) is 7.97. The lowest BCUT2D eigenvalue weighted by atomic mass is 9.86. The number of nitrogens with zero attached hydrogens (tertiary/aromatic N) is 2. The van der Waals surface area contributed by atoms with Crippen molar-refractivity contribution in [2.75, 3.05) is 0 Å². The molecule has 0 bridgehead atoms. The van der Waals surface area contributed by atoms with Gasteiger partial charge in [-0.25, -0.2) is 0 Å². The highest BCUT2D eigenvalue weighted by Crippen LogP contribution is 2.25. The molecule has 0 N–H and O–H groups in total. The summed E-state index contributed by atoms with van der Waals surface area (Å²) in [7, 11) is 1.26. The standard InChI is InChI=1S/C20H20BN2O2/c1-19(2,13-22)15-5-9-17(10-6-15)24-21-25-18-11-7-16(8-12-18)20(3,4)14-23/h5-12H,1-4H3. The quantitative estimate of drug-likeness (QED) is 0.741. The molecule has 0 aliphatic heterocycles. The van der Waals surface area contributed by atoms with Gasteiger partial charge in [0, 0.05) is 0 Å². The first-order chi connectivity index (χ1) is 11.8. The summed E-state index contributed by atoms with van der Waals surface area (Å²) < 4.78 is 10.9. The monoisotopic (exact) mass is 331 g/mol. The fourth-order valence-corrected chi connectivity index (χ4v) is 2.16. The summed E-state index contributed by atoms with van der Waals surface area (Å²) in [5, 5.41) is 18.3. The van der Waals surface area contributed by atoms with Gasteiger partial charge in [0.1, 0.15) is 11.5 Å². The van der Waals surface area contributed by atoms with Crippen molar-refractivity contribution in [2.24, 2.45) is 0 Å². The normalized spacial score (nSPS) is 11.1. The van der Waals surface area contributed by atoms with Crippen LogP contribution in [-0.4, -0.2) is 7.69 Å². The maximum atomic E-state index is 9.14. The molecule has 0 unspecified atom stereocenters. The summed E-state index contributed by atoms with van der Waals surface area (Å²) in [5.41, 5.74) is 0.799. The third-order valence-electron chi connectivity index (χ3n) is 4.08. The summed E-state index contributed by atoms with van der Waals surface area (Å²) in [6.07, 6.45) is 0. The molecule has 0 aromatic heterocycles. The molecule has 2 rings (SSSR count). The zero-order valence-corrected chi connectivity index (χ0v) is 14.9. The van der Waals surface area contributed by atoms with Crippen LogP contribution in [0.2, 0.25) is 0 Å². The molecule has 0 saturated heterocycles. The van der Waals surface area contributed by atoms with Crippen molar-refractivity contribution < 1.29 is 9.31 Å². The zero-order chi connectivity index (χ0) is 18.5. The summed E-state index contributed by atoms with van der Waals surface area (Å²) in [4.78, 5) is 0. The summed E-state index contributed by atoms with van der Waals surface area (Å²) >= 11 is 0. The summed E-state index contributed by atoms with van der Waals surface area (Å²) in [6, 6.07) is 19.2. The van der Waals surface area contributed by atoms with Crippen molar-refractivity contribution in [3.63, 3.8) is 0 Å². The van der Waals surface area contributed by atoms with Crippen molar-refractivity contribution in [2.45, 2.75) is 38.5 Å². The highest BCUT2D eigenvalue weighted by atomic mass is 16.6. The largest absolute Gasteiger partial charge is 0.658 e. The lowest BCUT2D eigenvalue weighted by Crippen LogP contribution is -2.15. The molecule has 2 aromatic rings. The Morgan fingerprint density at radius 3 is 1.28 bits per heavy atom. The Labute approximate surface area is 149 Å². The molecule has 1 radical (unpaired) electrons. The van der Waals surface area contributed by atoms with Crippen molar-refractivity contribution in [1.29, 1.82) is 10.5 Å². The number of hydrogen-bond acceptors (Lipinski definition) is 4. The van der Waals surface area contributed by atoms with Crippen LogP contribution in [0, 0.1) is 22.7 Å². The molecule has 0 amide bonds. The fourth-order valence-electron chi connectivity index (χ4n) is 2.16. The van der Waals surface area contributed by atoms with Crippen LogP contribution in [0.1, 0.15) is 38.8 Å². The van der Waals surface area contributed by atoms with Gasteiger partial charge in [-0.15, -0.1) is 0 Å². The van der Waals surface area contributed by atoms with Crippen LogP contribution in [0.15, 0.2) is 48.5 Å². The van der Waals surface area contributed by atoms with E-state index in [4.69, 9.17) is 19.8 Å². The Bertz CT molecular complexity index is 728. The molecule has 5 heteroatoms. The molecule has 4 nitrogen and oxygen atoms in total. The van der Waals surface area contributed by atoms with E-state index in [9.17, 15) is 0 Å². The van der Waals surface area contributed by atoms with Crippen LogP contribution in [-0.2, 0) is 10.8 Å². The van der Waals surface area contributed by atoms with Crippen molar-refractivity contribution in [1.82, 2.24) is 0 Å². The minimum atomic E-state index is -0.530. The maximum Gasteiger partial charge on any atom is 0.658 e. The highest BCUT2D eigenvalue weighted by molar-refractivity contribution is 6.20. The van der Waals surface area contributed by atoms with Gasteiger partial charge in [0.05, 0.1) is 23.0 Å². The predicted molar refractivity (Wildman–Crippen MR) is 97.2 cm³/mol. The first kappa shape index (κ1) is 18.4. The fraction of sp³-hybridized carbons (Fsp3) is 0.300. The second kappa shape index (κ2) is 7.32. The molecule has 0 fully saturated rings. The minimum absolute atomic E-state index is 0.530. The first-order valence-corrected chi connectivity index (χ1v) is 7.97. The lowest BCUT2D eigenvalue weighted by molar-refractivity contribution is 0.458. The second-order valence-corrected chi connectivity index (χ2v) is 6.85. The molecular formula is C20H20BN2O2. The van der Waals surface area contributed by atoms with Crippen LogP contribution in [0.4, 0.5) is 0 Å². The Hall–Kier alpha value is -2.92. The third kappa shape index (κ3) is 4.55. The van der Waals surface area contributed by atoms with Crippen molar-refractivity contribution in [3.05, 3.63) is 59.7 Å². The summed E-state index contributed by atoms with van der Waals surface area (Å²) in [5.74, 6) is 1.25. The Balaban J connectivity index is 1.91. The van der Waals surface area contributed by atoms with Crippen LogP contribution in [0.25, 0.3) is 0 Å². The molecular weight excluding hydrogens is 311 g/mol. The molecule has 25 heavy (non-hydrogen) atoms. The van der Waals surface area contributed by atoms with E-state index in [1.807, 2.05) is 52.0 Å². The van der Waals surface area contributed by atoms with E-state index in [2.05, 4.69) is 12.1 Å². The van der Waals surface area contributed by atoms with Crippen LogP contribution < -0.4 is 9.31 Å². The van der Waals surface area contributed by atoms with Gasteiger partial charge in [-0.1, -0.05) is 24.3 Å². The topological polar surface area (TPSA) is 66.0 Å². The van der Waals surface area contributed by atoms with E-state index >= 15 is 0 Å². The van der Waals surface area contributed by atoms with Crippen LogP contribution in [0.5, 0.6) is 11.5 Å². The number of hydrogen-bond donors (Lipinski definition) is 0. The van der Waals surface area contributed by atoms with E-state index < -0.39 is 10.8 Å². The Morgan fingerprint density at radius 1 is 0.680 bits per heavy atom. The number of benzene rings is 2. The van der Waals surface area contributed by atoms with Crippen LogP contribution >= 0.6 is 0 Å². The maximum absolute atomic E-state index is 9.14. The third-order valence-corrected chi connectivity index (χ3v) is 4.08. The smallest absolute Gasteiger partial charge is 0.526 e. The molecule has 0 spiro atoms. The lowest BCUT2D eigenvalue weighted by Gasteiger charge is -2.16. The second-order valence-electron chi connectivity index (χ2n) is 6.85. The average molecular weight is 331 g/mol. The van der Waals surface area contributed by atoms with E-state index in [0.29, 0.717) is 11.5 Å². The molecule has 0 aliphatic rings. The molecule has 2 aromatic carbocycles. The van der Waals surface area contributed by atoms with Gasteiger partial charge in [0.15, 0.2) is 0 Å². The zero-order valence-electron chi connectivity index (χ0n) is 14.9. The van der Waals surface area contributed by atoms with Gasteiger partial charge in [0.25, 0.3) is 0 Å². The van der Waals surface area contributed by atoms with Gasteiger partial charge in [-0.05, 0) is 63.1 Å². The number of nitriles is 2. The van der Waals surface area contributed by atoms with Crippen LogP contribution in [0.3, 0.4) is 0 Å². The Kier molecular flexibility index (Phi) is 5.40. The van der Waals surface area contributed by atoms with Gasteiger partial charge >= 0.3 is 7.69 Å². The molecule has 0 heterocycles. The molecule has 0 atom stereocenters. The van der Waals surface area contributed by atoms with Gasteiger partial charge in [0.2, 0.25) is 0 Å². The van der Waals surface area contributed by atoms with Crippen molar-refractivity contribution in [3.8, 4) is 23.6 Å². The molecule has 0 aliphatic carbocycles. The average Bonchev–Trinajstić information content (AvgIpc) is 2.62. The molecule has 125 valence electrons. The Morgan fingerprint density at radius 2 is 1.00 bits per heavy atom. The van der Waals surface area contributed by atoms with Gasteiger partial charge < -0.3 is 9.31 Å². The van der Waals surface area contributed by atoms with Crippen molar-refractivity contribution >= 4 is 7.69 Å².